The number of amides is 2. The van der Waals surface area contributed by atoms with Crippen molar-refractivity contribution in [2.75, 3.05) is 38.0 Å². The number of anilines is 1. The van der Waals surface area contributed by atoms with Gasteiger partial charge in [0.25, 0.3) is 5.91 Å². The zero-order valence-electron chi connectivity index (χ0n) is 16.6. The number of hydrogen-bond acceptors (Lipinski definition) is 3. The van der Waals surface area contributed by atoms with E-state index in [2.05, 4.69) is 10.3 Å². The number of H-pyrrole nitrogens is 1. The Kier molecular flexibility index (Phi) is 5.69. The van der Waals surface area contributed by atoms with Crippen molar-refractivity contribution in [2.45, 2.75) is 6.18 Å². The number of halogens is 3. The molecule has 1 aliphatic heterocycles. The molecular weight excluding hydrogens is 409 g/mol. The second-order valence-corrected chi connectivity index (χ2v) is 7.46. The molecule has 0 radical (unpaired) electrons. The molecule has 162 valence electrons. The lowest BCUT2D eigenvalue weighted by molar-refractivity contribution is -0.137. The van der Waals surface area contributed by atoms with Gasteiger partial charge in [-0.25, -0.2) is 0 Å². The predicted octanol–water partition coefficient (Wildman–Crippen LogP) is 3.58. The number of piperazine rings is 1. The van der Waals surface area contributed by atoms with Crippen LogP contribution in [0, 0.1) is 0 Å². The van der Waals surface area contributed by atoms with Crippen LogP contribution < -0.4 is 5.32 Å². The van der Waals surface area contributed by atoms with Crippen molar-refractivity contribution in [2.24, 2.45) is 0 Å². The van der Waals surface area contributed by atoms with E-state index in [0.29, 0.717) is 37.6 Å². The summed E-state index contributed by atoms with van der Waals surface area (Å²) in [4.78, 5) is 31.8. The Bertz CT molecular complexity index is 1050. The van der Waals surface area contributed by atoms with Crippen LogP contribution in [-0.2, 0) is 11.0 Å². The van der Waals surface area contributed by atoms with Crippen molar-refractivity contribution in [1.29, 1.82) is 0 Å². The molecule has 2 aromatic carbocycles. The Balaban J connectivity index is 1.27. The molecule has 1 fully saturated rings. The van der Waals surface area contributed by atoms with Gasteiger partial charge in [0.05, 0.1) is 12.1 Å². The molecule has 0 saturated carbocycles. The number of carbonyl (C=O) groups excluding carboxylic acids is 2. The third-order valence-corrected chi connectivity index (χ3v) is 5.28. The Hall–Kier alpha value is -3.33. The van der Waals surface area contributed by atoms with Gasteiger partial charge in [0.1, 0.15) is 5.69 Å². The van der Waals surface area contributed by atoms with Gasteiger partial charge >= 0.3 is 6.18 Å². The second kappa shape index (κ2) is 8.43. The van der Waals surface area contributed by atoms with Gasteiger partial charge in [0.2, 0.25) is 5.91 Å². The number of rotatable bonds is 4. The number of benzene rings is 2. The average Bonchev–Trinajstić information content (AvgIpc) is 3.18. The van der Waals surface area contributed by atoms with E-state index in [0.717, 1.165) is 23.0 Å². The summed E-state index contributed by atoms with van der Waals surface area (Å²) < 4.78 is 37.9. The zero-order valence-corrected chi connectivity index (χ0v) is 16.6. The third-order valence-electron chi connectivity index (χ3n) is 5.28. The smallest absolute Gasteiger partial charge is 0.351 e. The van der Waals surface area contributed by atoms with Crippen molar-refractivity contribution in [3.8, 4) is 0 Å². The van der Waals surface area contributed by atoms with Gasteiger partial charge in [-0.3, -0.25) is 14.5 Å². The van der Waals surface area contributed by atoms with E-state index in [9.17, 15) is 22.8 Å². The minimum absolute atomic E-state index is 0.0787. The van der Waals surface area contributed by atoms with Gasteiger partial charge in [0.15, 0.2) is 0 Å². The maximum Gasteiger partial charge on any atom is 0.416 e. The Morgan fingerprint density at radius 1 is 0.968 bits per heavy atom. The van der Waals surface area contributed by atoms with Gasteiger partial charge < -0.3 is 15.2 Å². The van der Waals surface area contributed by atoms with E-state index in [1.54, 1.807) is 4.90 Å². The van der Waals surface area contributed by atoms with Gasteiger partial charge in [-0.05, 0) is 36.4 Å². The highest BCUT2D eigenvalue weighted by Gasteiger charge is 2.30. The van der Waals surface area contributed by atoms with Crippen molar-refractivity contribution < 1.29 is 22.8 Å². The summed E-state index contributed by atoms with van der Waals surface area (Å²) in [7, 11) is 0. The van der Waals surface area contributed by atoms with E-state index in [-0.39, 0.29) is 18.4 Å². The fourth-order valence-electron chi connectivity index (χ4n) is 3.61. The molecule has 9 heteroatoms. The average molecular weight is 430 g/mol. The first-order valence-electron chi connectivity index (χ1n) is 9.86. The zero-order chi connectivity index (χ0) is 22.0. The maximum atomic E-state index is 12.8. The molecule has 6 nitrogen and oxygen atoms in total. The van der Waals surface area contributed by atoms with Crippen molar-refractivity contribution in [1.82, 2.24) is 14.8 Å². The van der Waals surface area contributed by atoms with Crippen molar-refractivity contribution >= 4 is 28.4 Å². The molecule has 0 spiro atoms. The quantitative estimate of drug-likeness (QED) is 0.665. The molecule has 1 aliphatic rings. The van der Waals surface area contributed by atoms with Gasteiger partial charge in [-0.15, -0.1) is 0 Å². The Labute approximate surface area is 176 Å². The normalized spacial score (nSPS) is 15.3. The van der Waals surface area contributed by atoms with Crippen LogP contribution in [0.25, 0.3) is 10.9 Å². The number of para-hydroxylation sites is 1. The van der Waals surface area contributed by atoms with Crippen LogP contribution in [0.5, 0.6) is 0 Å². The highest BCUT2D eigenvalue weighted by molar-refractivity contribution is 5.98. The molecule has 3 aromatic rings. The molecule has 31 heavy (non-hydrogen) atoms. The van der Waals surface area contributed by atoms with Gasteiger partial charge in [-0.2, -0.15) is 13.2 Å². The highest BCUT2D eigenvalue weighted by Crippen LogP contribution is 2.29. The fraction of sp³-hybridized carbons (Fsp3) is 0.273. The number of alkyl halides is 3. The van der Waals surface area contributed by atoms with Crippen LogP contribution in [0.1, 0.15) is 16.1 Å². The van der Waals surface area contributed by atoms with Gasteiger partial charge in [0, 0.05) is 42.8 Å². The molecule has 1 saturated heterocycles. The number of aromatic amines is 1. The predicted molar refractivity (Wildman–Crippen MR) is 111 cm³/mol. The number of carbonyl (C=O) groups is 2. The lowest BCUT2D eigenvalue weighted by atomic mass is 10.2. The summed E-state index contributed by atoms with van der Waals surface area (Å²) in [6.45, 7) is 2.15. The van der Waals surface area contributed by atoms with Crippen molar-refractivity contribution in [3.63, 3.8) is 0 Å². The SMILES string of the molecule is O=C(CN1CCN(C(=O)c2cc3ccccc3[nH]2)CC1)Nc1ccc(C(F)(F)F)cc1. The molecule has 0 atom stereocenters. The van der Waals surface area contributed by atoms with Crippen LogP contribution in [0.15, 0.2) is 54.6 Å². The first kappa shape index (κ1) is 20.9. The number of aromatic nitrogens is 1. The van der Waals surface area contributed by atoms with Crippen LogP contribution >= 0.6 is 0 Å². The molecule has 0 aliphatic carbocycles. The molecular formula is C22H21F3N4O2. The topological polar surface area (TPSA) is 68.4 Å². The molecule has 2 amide bonds. The van der Waals surface area contributed by atoms with E-state index in [4.69, 9.17) is 0 Å². The fourth-order valence-corrected chi connectivity index (χ4v) is 3.61. The summed E-state index contributed by atoms with van der Waals surface area (Å²) in [6.07, 6.45) is -4.41. The standard InChI is InChI=1S/C22H21F3N4O2/c23-22(24,25)16-5-7-17(8-6-16)26-20(30)14-28-9-11-29(12-10-28)21(31)19-13-15-3-1-2-4-18(15)27-19/h1-8,13,27H,9-12,14H2,(H,26,30). The third kappa shape index (κ3) is 4.88. The summed E-state index contributed by atoms with van der Waals surface area (Å²) >= 11 is 0. The summed E-state index contributed by atoms with van der Waals surface area (Å²) in [6, 6.07) is 13.8. The lowest BCUT2D eigenvalue weighted by Crippen LogP contribution is -2.50. The maximum absolute atomic E-state index is 12.8. The van der Waals surface area contributed by atoms with Crippen LogP contribution in [0.2, 0.25) is 0 Å². The van der Waals surface area contributed by atoms with E-state index < -0.39 is 11.7 Å². The summed E-state index contributed by atoms with van der Waals surface area (Å²) in [5.74, 6) is -0.389. The Morgan fingerprint density at radius 3 is 2.29 bits per heavy atom. The van der Waals surface area contributed by atoms with E-state index >= 15 is 0 Å². The minimum Gasteiger partial charge on any atom is -0.351 e. The van der Waals surface area contributed by atoms with E-state index in [1.807, 2.05) is 35.2 Å². The number of fused-ring (bicyclic) bond motifs is 1. The van der Waals surface area contributed by atoms with Crippen LogP contribution in [0.4, 0.5) is 18.9 Å². The van der Waals surface area contributed by atoms with E-state index in [1.165, 1.54) is 12.1 Å². The first-order valence-corrected chi connectivity index (χ1v) is 9.86. The minimum atomic E-state index is -4.41. The number of hydrogen-bond donors (Lipinski definition) is 2. The summed E-state index contributed by atoms with van der Waals surface area (Å²) in [5.41, 5.74) is 0.992. The molecule has 2 heterocycles. The summed E-state index contributed by atoms with van der Waals surface area (Å²) in [5, 5.41) is 3.59. The monoisotopic (exact) mass is 430 g/mol. The molecule has 0 bridgehead atoms. The Morgan fingerprint density at radius 2 is 1.65 bits per heavy atom. The second-order valence-electron chi connectivity index (χ2n) is 7.46. The van der Waals surface area contributed by atoms with Crippen molar-refractivity contribution in [3.05, 3.63) is 65.9 Å². The van der Waals surface area contributed by atoms with Crippen LogP contribution in [-0.4, -0.2) is 59.3 Å². The van der Waals surface area contributed by atoms with Crippen LogP contribution in [0.3, 0.4) is 0 Å². The molecule has 0 unspecified atom stereocenters. The number of nitrogens with zero attached hydrogens (tertiary/aromatic N) is 2. The molecule has 1 aromatic heterocycles. The number of nitrogens with one attached hydrogen (secondary N) is 2. The first-order chi connectivity index (χ1) is 14.8. The largest absolute Gasteiger partial charge is 0.416 e. The lowest BCUT2D eigenvalue weighted by Gasteiger charge is -2.34. The highest BCUT2D eigenvalue weighted by atomic mass is 19.4. The van der Waals surface area contributed by atoms with Gasteiger partial charge in [-0.1, -0.05) is 18.2 Å². The molecule has 4 rings (SSSR count). The molecule has 2 N–H and O–H groups in total.